The van der Waals surface area contributed by atoms with Crippen LogP contribution in [0.3, 0.4) is 0 Å². The Labute approximate surface area is 136 Å². The van der Waals surface area contributed by atoms with Crippen molar-refractivity contribution in [2.45, 2.75) is 0 Å². The molecule has 1 heterocycles. The van der Waals surface area contributed by atoms with Gasteiger partial charge in [0.1, 0.15) is 0 Å². The van der Waals surface area contributed by atoms with E-state index in [0.29, 0.717) is 22.6 Å². The van der Waals surface area contributed by atoms with E-state index in [4.69, 9.17) is 14.7 Å². The minimum atomic E-state index is -0.547. The molecule has 0 N–H and O–H groups in total. The number of nitro groups is 1. The molecule has 0 aliphatic carbocycles. The van der Waals surface area contributed by atoms with Crippen molar-refractivity contribution in [3.63, 3.8) is 0 Å². The van der Waals surface area contributed by atoms with Gasteiger partial charge in [0.05, 0.1) is 39.8 Å². The summed E-state index contributed by atoms with van der Waals surface area (Å²) in [6, 6.07) is 13.2. The van der Waals surface area contributed by atoms with Gasteiger partial charge in [-0.05, 0) is 29.8 Å². The highest BCUT2D eigenvalue weighted by molar-refractivity contribution is 5.92. The Morgan fingerprint density at radius 2 is 1.96 bits per heavy atom. The van der Waals surface area contributed by atoms with Crippen molar-refractivity contribution in [1.29, 1.82) is 10.5 Å². The van der Waals surface area contributed by atoms with Gasteiger partial charge in [-0.2, -0.15) is 10.5 Å². The van der Waals surface area contributed by atoms with Gasteiger partial charge in [-0.25, -0.2) is 0 Å². The first-order chi connectivity index (χ1) is 11.6. The number of nitrogens with zero attached hydrogens (tertiary/aromatic N) is 3. The van der Waals surface area contributed by atoms with Crippen LogP contribution in [0.1, 0.15) is 16.7 Å². The van der Waals surface area contributed by atoms with Crippen molar-refractivity contribution in [3.05, 3.63) is 63.2 Å². The van der Waals surface area contributed by atoms with E-state index < -0.39 is 4.92 Å². The lowest BCUT2D eigenvalue weighted by atomic mass is 10.0. The minimum Gasteiger partial charge on any atom is -0.454 e. The summed E-state index contributed by atoms with van der Waals surface area (Å²) in [4.78, 5) is 10.7. The Hall–Kier alpha value is -3.84. The molecule has 1 aliphatic heterocycles. The monoisotopic (exact) mass is 319 g/mol. The standard InChI is InChI=1S/C17H9N3O4/c18-8-11-2-1-3-12(4-11)14(9-19)5-13-6-16-17(24-10-23-16)7-15(13)20(21)22/h1-7H,10H2. The molecule has 7 nitrogen and oxygen atoms in total. The molecule has 0 saturated carbocycles. The molecule has 3 rings (SSSR count). The average Bonchev–Trinajstić information content (AvgIpc) is 3.06. The predicted octanol–water partition coefficient (Wildman–Crippen LogP) is 3.26. The quantitative estimate of drug-likeness (QED) is 0.372. The molecule has 0 aromatic heterocycles. The fourth-order valence-electron chi connectivity index (χ4n) is 2.31. The second-order valence-corrected chi connectivity index (χ2v) is 4.88. The smallest absolute Gasteiger partial charge is 0.280 e. The molecule has 116 valence electrons. The molecule has 0 fully saturated rings. The molecule has 0 amide bonds. The number of benzene rings is 2. The van der Waals surface area contributed by atoms with Gasteiger partial charge in [-0.3, -0.25) is 10.1 Å². The zero-order chi connectivity index (χ0) is 17.1. The van der Waals surface area contributed by atoms with E-state index in [1.807, 2.05) is 12.1 Å². The lowest BCUT2D eigenvalue weighted by molar-refractivity contribution is -0.385. The lowest BCUT2D eigenvalue weighted by Crippen LogP contribution is -1.93. The van der Waals surface area contributed by atoms with Gasteiger partial charge in [0.15, 0.2) is 11.5 Å². The molecule has 7 heteroatoms. The molecule has 0 spiro atoms. The average molecular weight is 319 g/mol. The molecule has 0 radical (unpaired) electrons. The molecule has 24 heavy (non-hydrogen) atoms. The Bertz CT molecular complexity index is 951. The number of hydrogen-bond acceptors (Lipinski definition) is 6. The third kappa shape index (κ3) is 2.74. The van der Waals surface area contributed by atoms with Crippen molar-refractivity contribution in [3.8, 4) is 23.6 Å². The first-order valence-electron chi connectivity index (χ1n) is 6.82. The highest BCUT2D eigenvalue weighted by Crippen LogP contribution is 2.39. The van der Waals surface area contributed by atoms with Crippen molar-refractivity contribution in [2.75, 3.05) is 6.79 Å². The van der Waals surface area contributed by atoms with Gasteiger partial charge < -0.3 is 9.47 Å². The van der Waals surface area contributed by atoms with Crippen LogP contribution in [0, 0.1) is 32.8 Å². The van der Waals surface area contributed by atoms with Crippen LogP contribution in [0.4, 0.5) is 5.69 Å². The van der Waals surface area contributed by atoms with E-state index in [1.165, 1.54) is 18.2 Å². The van der Waals surface area contributed by atoms with E-state index in [-0.39, 0.29) is 23.6 Å². The lowest BCUT2D eigenvalue weighted by Gasteiger charge is -2.03. The molecule has 1 aliphatic rings. The summed E-state index contributed by atoms with van der Waals surface area (Å²) in [7, 11) is 0. The fraction of sp³-hybridized carbons (Fsp3) is 0.0588. The van der Waals surface area contributed by atoms with Gasteiger partial charge in [0, 0.05) is 0 Å². The highest BCUT2D eigenvalue weighted by atomic mass is 16.7. The third-order valence-corrected chi connectivity index (χ3v) is 3.44. The summed E-state index contributed by atoms with van der Waals surface area (Å²) >= 11 is 0. The number of nitro benzene ring substituents is 1. The van der Waals surface area contributed by atoms with Crippen LogP contribution in [0.15, 0.2) is 36.4 Å². The zero-order valence-electron chi connectivity index (χ0n) is 12.2. The SMILES string of the molecule is N#CC(=Cc1cc2c(cc1[N+](=O)[O-])OCO2)c1cccc(C#N)c1. The van der Waals surface area contributed by atoms with Crippen molar-refractivity contribution in [2.24, 2.45) is 0 Å². The van der Waals surface area contributed by atoms with Crippen molar-refractivity contribution in [1.82, 2.24) is 0 Å². The van der Waals surface area contributed by atoms with Gasteiger partial charge in [0.2, 0.25) is 6.79 Å². The molecule has 0 bridgehead atoms. The molecular weight excluding hydrogens is 310 g/mol. The van der Waals surface area contributed by atoms with E-state index in [0.717, 1.165) is 0 Å². The summed E-state index contributed by atoms with van der Waals surface area (Å²) in [6.07, 6.45) is 1.40. The second kappa shape index (κ2) is 6.11. The summed E-state index contributed by atoms with van der Waals surface area (Å²) in [5, 5.41) is 29.6. The van der Waals surface area contributed by atoms with E-state index >= 15 is 0 Å². The van der Waals surface area contributed by atoms with Crippen molar-refractivity contribution >= 4 is 17.3 Å². The first-order valence-corrected chi connectivity index (χ1v) is 6.82. The van der Waals surface area contributed by atoms with Gasteiger partial charge in [0.25, 0.3) is 5.69 Å². The van der Waals surface area contributed by atoms with Crippen LogP contribution in [-0.2, 0) is 0 Å². The third-order valence-electron chi connectivity index (χ3n) is 3.44. The van der Waals surface area contributed by atoms with Gasteiger partial charge >= 0.3 is 0 Å². The van der Waals surface area contributed by atoms with E-state index in [1.54, 1.807) is 24.3 Å². The fourth-order valence-corrected chi connectivity index (χ4v) is 2.31. The Morgan fingerprint density at radius 1 is 1.21 bits per heavy atom. The molecule has 2 aromatic rings. The maximum Gasteiger partial charge on any atom is 0.280 e. The summed E-state index contributed by atoms with van der Waals surface area (Å²) in [5.41, 5.74) is 1.14. The first kappa shape index (κ1) is 15.1. The predicted molar refractivity (Wildman–Crippen MR) is 83.9 cm³/mol. The van der Waals surface area contributed by atoms with Crippen LogP contribution in [0.5, 0.6) is 11.5 Å². The summed E-state index contributed by atoms with van der Waals surface area (Å²) < 4.78 is 10.4. The van der Waals surface area contributed by atoms with Gasteiger partial charge in [-0.1, -0.05) is 12.1 Å². The maximum atomic E-state index is 11.3. The minimum absolute atomic E-state index is 0.00498. The normalized spacial score (nSPS) is 12.3. The Kier molecular flexibility index (Phi) is 3.84. The van der Waals surface area contributed by atoms with Crippen LogP contribution >= 0.6 is 0 Å². The molecule has 0 atom stereocenters. The van der Waals surface area contributed by atoms with Gasteiger partial charge in [-0.15, -0.1) is 0 Å². The number of nitriles is 2. The van der Waals surface area contributed by atoms with Crippen LogP contribution < -0.4 is 9.47 Å². The topological polar surface area (TPSA) is 109 Å². The van der Waals surface area contributed by atoms with Crippen molar-refractivity contribution < 1.29 is 14.4 Å². The number of fused-ring (bicyclic) bond motifs is 1. The summed E-state index contributed by atoms with van der Waals surface area (Å²) in [6.45, 7) is -0.00498. The number of rotatable bonds is 3. The number of hydrogen-bond donors (Lipinski definition) is 0. The van der Waals surface area contributed by atoms with Crippen LogP contribution in [0.25, 0.3) is 11.6 Å². The zero-order valence-corrected chi connectivity index (χ0v) is 12.2. The highest BCUT2D eigenvalue weighted by Gasteiger charge is 2.22. The Balaban J connectivity index is 2.13. The Morgan fingerprint density at radius 3 is 2.62 bits per heavy atom. The maximum absolute atomic E-state index is 11.3. The number of allylic oxidation sites excluding steroid dienone is 1. The van der Waals surface area contributed by atoms with E-state index in [2.05, 4.69) is 0 Å². The summed E-state index contributed by atoms with van der Waals surface area (Å²) in [5.74, 6) is 0.679. The molecule has 0 unspecified atom stereocenters. The molecule has 0 saturated heterocycles. The van der Waals surface area contributed by atoms with Crippen LogP contribution in [-0.4, -0.2) is 11.7 Å². The number of ether oxygens (including phenoxy) is 2. The van der Waals surface area contributed by atoms with Crippen LogP contribution in [0.2, 0.25) is 0 Å². The second-order valence-electron chi connectivity index (χ2n) is 4.88. The van der Waals surface area contributed by atoms with E-state index in [9.17, 15) is 15.4 Å². The molecule has 2 aromatic carbocycles. The molecular formula is C17H9N3O4. The largest absolute Gasteiger partial charge is 0.454 e.